The average molecular weight is 653 g/mol. The Morgan fingerprint density at radius 1 is 1.07 bits per heavy atom. The van der Waals surface area contributed by atoms with E-state index in [2.05, 4.69) is 49.9 Å². The summed E-state index contributed by atoms with van der Waals surface area (Å²) in [5.41, 5.74) is 4.64. The Hall–Kier alpha value is -4.52. The molecule has 0 spiro atoms. The minimum Gasteiger partial charge on any atom is -0.497 e. The van der Waals surface area contributed by atoms with Crippen LogP contribution in [0.4, 0.5) is 23.7 Å². The zero-order valence-corrected chi connectivity index (χ0v) is 26.6. The normalized spacial score (nSPS) is 14.5. The Morgan fingerprint density at radius 2 is 1.80 bits per heavy atom. The molecular formula is C33H35F3N6O3S. The number of aliphatic imine (C=N–C) groups is 1. The molecule has 46 heavy (non-hydrogen) atoms. The van der Waals surface area contributed by atoms with Crippen molar-refractivity contribution in [3.8, 4) is 28.6 Å². The molecule has 1 saturated heterocycles. The average Bonchev–Trinajstić information content (AvgIpc) is 3.53. The SMILES string of the molecule is COc1ccc(C(C)C)c(N2CCCS/C2=N\C(=O)NCCCc2ccc(-c3ncn(-c4ccc(OC(F)(F)F)cc4)n3)cc2)c1. The zero-order valence-electron chi connectivity index (χ0n) is 25.8. The van der Waals surface area contributed by atoms with E-state index in [9.17, 15) is 18.0 Å². The second-order valence-electron chi connectivity index (χ2n) is 10.9. The van der Waals surface area contributed by atoms with E-state index >= 15 is 0 Å². The lowest BCUT2D eigenvalue weighted by Gasteiger charge is -2.32. The largest absolute Gasteiger partial charge is 0.573 e. The van der Waals surface area contributed by atoms with Crippen LogP contribution in [0, 0.1) is 0 Å². The van der Waals surface area contributed by atoms with Crippen LogP contribution in [0.3, 0.4) is 0 Å². The minimum absolute atomic E-state index is 0.306. The summed E-state index contributed by atoms with van der Waals surface area (Å²) in [5, 5.41) is 8.06. The van der Waals surface area contributed by atoms with Crippen LogP contribution < -0.4 is 19.7 Å². The molecule has 0 atom stereocenters. The summed E-state index contributed by atoms with van der Waals surface area (Å²) in [7, 11) is 1.65. The van der Waals surface area contributed by atoms with Gasteiger partial charge in [-0.1, -0.05) is 55.9 Å². The van der Waals surface area contributed by atoms with Gasteiger partial charge >= 0.3 is 12.4 Å². The number of thioether (sulfide) groups is 1. The Bertz CT molecular complexity index is 1660. The molecular weight excluding hydrogens is 617 g/mol. The second-order valence-corrected chi connectivity index (χ2v) is 12.0. The molecule has 1 aliphatic heterocycles. The van der Waals surface area contributed by atoms with Gasteiger partial charge in [0.2, 0.25) is 0 Å². The fourth-order valence-electron chi connectivity index (χ4n) is 5.00. The third kappa shape index (κ3) is 8.59. The maximum atomic E-state index is 12.8. The van der Waals surface area contributed by atoms with Crippen molar-refractivity contribution in [1.29, 1.82) is 0 Å². The minimum atomic E-state index is -4.75. The molecule has 9 nitrogen and oxygen atoms in total. The van der Waals surface area contributed by atoms with E-state index in [1.54, 1.807) is 18.9 Å². The summed E-state index contributed by atoms with van der Waals surface area (Å²) >= 11 is 1.59. The summed E-state index contributed by atoms with van der Waals surface area (Å²) in [6.07, 6.45) is -0.756. The fraction of sp³-hybridized carbons (Fsp3) is 0.333. The van der Waals surface area contributed by atoms with Crippen LogP contribution in [0.2, 0.25) is 0 Å². The summed E-state index contributed by atoms with van der Waals surface area (Å²) in [6, 6.07) is 18.9. The standard InChI is InChI=1S/C33H35F3N6O3S/c1-22(2)28-16-15-27(44-3)20-29(28)41-18-5-19-46-32(41)39-31(43)37-17-4-6-23-7-9-24(10-8-23)30-38-21-42(40-30)25-11-13-26(14-12-25)45-33(34,35)36/h7-16,20-22H,4-6,17-19H2,1-3H3,(H,37,43)/b39-32-. The third-order valence-electron chi connectivity index (χ3n) is 7.29. The van der Waals surface area contributed by atoms with Gasteiger partial charge in [0.1, 0.15) is 17.8 Å². The van der Waals surface area contributed by atoms with Crippen molar-refractivity contribution in [3.05, 3.63) is 84.2 Å². The molecule has 0 saturated carbocycles. The number of amides is 2. The highest BCUT2D eigenvalue weighted by molar-refractivity contribution is 8.14. The quantitative estimate of drug-likeness (QED) is 0.176. The highest BCUT2D eigenvalue weighted by Crippen LogP contribution is 2.35. The molecule has 0 bridgehead atoms. The predicted molar refractivity (Wildman–Crippen MR) is 174 cm³/mol. The van der Waals surface area contributed by atoms with Gasteiger partial charge in [0.15, 0.2) is 11.0 Å². The van der Waals surface area contributed by atoms with E-state index in [0.717, 1.165) is 54.1 Å². The van der Waals surface area contributed by atoms with E-state index in [-0.39, 0.29) is 11.8 Å². The first kappa shape index (κ1) is 32.9. The van der Waals surface area contributed by atoms with Gasteiger partial charge in [-0.15, -0.1) is 18.3 Å². The molecule has 0 radical (unpaired) electrons. The number of alkyl halides is 3. The third-order valence-corrected chi connectivity index (χ3v) is 8.36. The molecule has 3 aromatic carbocycles. The van der Waals surface area contributed by atoms with Crippen molar-refractivity contribution in [1.82, 2.24) is 20.1 Å². The van der Waals surface area contributed by atoms with Crippen LogP contribution >= 0.6 is 11.8 Å². The van der Waals surface area contributed by atoms with E-state index in [1.165, 1.54) is 40.8 Å². The first-order chi connectivity index (χ1) is 22.1. The van der Waals surface area contributed by atoms with Crippen LogP contribution in [-0.2, 0) is 6.42 Å². The number of aromatic nitrogens is 3. The number of ether oxygens (including phenoxy) is 2. The number of hydrogen-bond donors (Lipinski definition) is 1. The van der Waals surface area contributed by atoms with Crippen LogP contribution in [0.5, 0.6) is 11.5 Å². The number of anilines is 1. The van der Waals surface area contributed by atoms with Crippen molar-refractivity contribution in [2.45, 2.75) is 45.4 Å². The van der Waals surface area contributed by atoms with Crippen molar-refractivity contribution in [3.63, 3.8) is 0 Å². The molecule has 1 aliphatic rings. The summed E-state index contributed by atoms with van der Waals surface area (Å²) in [5.74, 6) is 2.16. The summed E-state index contributed by atoms with van der Waals surface area (Å²) < 4.78 is 48.1. The van der Waals surface area contributed by atoms with Crippen LogP contribution in [0.1, 0.15) is 43.7 Å². The van der Waals surface area contributed by atoms with Crippen molar-refractivity contribution in [2.75, 3.05) is 30.9 Å². The fourth-order valence-corrected chi connectivity index (χ4v) is 5.95. The smallest absolute Gasteiger partial charge is 0.497 e. The van der Waals surface area contributed by atoms with Crippen LogP contribution in [0.25, 0.3) is 17.1 Å². The lowest BCUT2D eigenvalue weighted by molar-refractivity contribution is -0.274. The number of amidine groups is 1. The molecule has 4 aromatic rings. The maximum Gasteiger partial charge on any atom is 0.573 e. The van der Waals surface area contributed by atoms with Gasteiger partial charge in [0, 0.05) is 36.2 Å². The highest BCUT2D eigenvalue weighted by atomic mass is 32.2. The van der Waals surface area contributed by atoms with E-state index < -0.39 is 6.36 Å². The van der Waals surface area contributed by atoms with Gasteiger partial charge in [0.05, 0.1) is 12.8 Å². The number of aryl methyl sites for hydroxylation is 1. The van der Waals surface area contributed by atoms with Gasteiger partial charge in [-0.25, -0.2) is 14.5 Å². The van der Waals surface area contributed by atoms with Crippen molar-refractivity contribution in [2.24, 2.45) is 4.99 Å². The molecule has 0 unspecified atom stereocenters. The lowest BCUT2D eigenvalue weighted by Crippen LogP contribution is -2.36. The first-order valence-corrected chi connectivity index (χ1v) is 15.9. The number of carbonyl (C=O) groups is 1. The Kier molecular flexibility index (Phi) is 10.5. The molecule has 0 aliphatic carbocycles. The molecule has 5 rings (SSSR count). The number of carbonyl (C=O) groups excluding carboxylic acids is 1. The van der Waals surface area contributed by atoms with Gasteiger partial charge in [-0.2, -0.15) is 4.99 Å². The topological polar surface area (TPSA) is 93.9 Å². The van der Waals surface area contributed by atoms with E-state index in [4.69, 9.17) is 4.74 Å². The molecule has 2 amide bonds. The summed E-state index contributed by atoms with van der Waals surface area (Å²) in [4.78, 5) is 23.7. The number of hydrogen-bond acceptors (Lipinski definition) is 6. The number of rotatable bonds is 10. The number of nitrogens with zero attached hydrogens (tertiary/aromatic N) is 5. The number of halogens is 3. The van der Waals surface area contributed by atoms with Gasteiger partial charge < -0.3 is 19.7 Å². The van der Waals surface area contributed by atoms with Crippen LogP contribution in [-0.4, -0.2) is 58.3 Å². The second kappa shape index (κ2) is 14.7. The molecule has 13 heteroatoms. The molecule has 242 valence electrons. The lowest BCUT2D eigenvalue weighted by atomic mass is 10.00. The molecule has 1 N–H and O–H groups in total. The summed E-state index contributed by atoms with van der Waals surface area (Å²) in [6.45, 7) is 5.56. The van der Waals surface area contributed by atoms with E-state index in [1.807, 2.05) is 36.4 Å². The Balaban J connectivity index is 1.13. The zero-order chi connectivity index (χ0) is 32.7. The number of nitrogens with one attached hydrogen (secondary N) is 1. The highest BCUT2D eigenvalue weighted by Gasteiger charge is 2.31. The Labute approximate surface area is 269 Å². The number of urea groups is 1. The molecule has 1 aromatic heterocycles. The number of methoxy groups -OCH3 is 1. The molecule has 1 fully saturated rings. The van der Waals surface area contributed by atoms with Crippen molar-refractivity contribution >= 4 is 28.6 Å². The van der Waals surface area contributed by atoms with Crippen LogP contribution in [0.15, 0.2) is 78.0 Å². The number of benzene rings is 3. The van der Waals surface area contributed by atoms with Gasteiger partial charge in [-0.05, 0) is 66.6 Å². The maximum absolute atomic E-state index is 12.8. The molecule has 2 heterocycles. The monoisotopic (exact) mass is 652 g/mol. The van der Waals surface area contributed by atoms with Crippen molar-refractivity contribution < 1.29 is 27.4 Å². The Morgan fingerprint density at radius 3 is 2.50 bits per heavy atom. The first-order valence-electron chi connectivity index (χ1n) is 14.9. The van der Waals surface area contributed by atoms with Gasteiger partial charge in [-0.3, -0.25) is 0 Å². The predicted octanol–water partition coefficient (Wildman–Crippen LogP) is 7.61. The van der Waals surface area contributed by atoms with E-state index in [0.29, 0.717) is 29.1 Å². The van der Waals surface area contributed by atoms with Gasteiger partial charge in [0.25, 0.3) is 0 Å².